The zero-order valence-electron chi connectivity index (χ0n) is 19.8. The van der Waals surface area contributed by atoms with E-state index in [0.717, 1.165) is 0 Å². The number of rotatable bonds is 9. The number of hydrogen-bond donors (Lipinski definition) is 2. The van der Waals surface area contributed by atoms with Crippen LogP contribution in [0.15, 0.2) is 47.4 Å². The second-order valence-corrected chi connectivity index (χ2v) is 12.7. The lowest BCUT2D eigenvalue weighted by Gasteiger charge is -2.30. The lowest BCUT2D eigenvalue weighted by molar-refractivity contribution is -0.120. The Morgan fingerprint density at radius 1 is 1.11 bits per heavy atom. The molecule has 3 rings (SSSR count). The second kappa shape index (κ2) is 11.3. The summed E-state index contributed by atoms with van der Waals surface area (Å²) >= 11 is 6.11. The molecule has 0 aliphatic carbocycles. The third-order valence-corrected chi connectivity index (χ3v) is 9.50. The second-order valence-electron chi connectivity index (χ2n) is 8.65. The molecule has 2 aromatic carbocycles. The number of anilines is 1. The molecule has 0 saturated carbocycles. The summed E-state index contributed by atoms with van der Waals surface area (Å²) in [6, 6.07) is 10.7. The molecule has 1 aliphatic heterocycles. The van der Waals surface area contributed by atoms with Crippen LogP contribution in [-0.4, -0.2) is 53.3 Å². The van der Waals surface area contributed by atoms with Gasteiger partial charge in [-0.15, -0.1) is 0 Å². The van der Waals surface area contributed by atoms with Crippen LogP contribution in [0.1, 0.15) is 32.3 Å². The van der Waals surface area contributed by atoms with Crippen LogP contribution in [0.3, 0.4) is 0 Å². The number of sulfonamides is 2. The van der Waals surface area contributed by atoms with E-state index in [1.165, 1.54) is 29.6 Å². The van der Waals surface area contributed by atoms with Crippen LogP contribution in [0.2, 0.25) is 5.02 Å². The van der Waals surface area contributed by atoms with Crippen molar-refractivity contribution in [1.29, 1.82) is 0 Å². The van der Waals surface area contributed by atoms with E-state index in [1.807, 2.05) is 0 Å². The summed E-state index contributed by atoms with van der Waals surface area (Å²) in [4.78, 5) is 13.0. The van der Waals surface area contributed by atoms with E-state index < -0.39 is 26.0 Å². The maximum atomic E-state index is 12.9. The molecule has 9 nitrogen and oxygen atoms in total. The van der Waals surface area contributed by atoms with Gasteiger partial charge in [0.05, 0.1) is 23.4 Å². The fourth-order valence-electron chi connectivity index (χ4n) is 3.86. The molecule has 1 aliphatic rings. The number of carbonyl (C=O) groups is 1. The van der Waals surface area contributed by atoms with Crippen molar-refractivity contribution in [2.75, 3.05) is 25.5 Å². The Kier molecular flexibility index (Phi) is 8.81. The molecule has 12 heteroatoms. The van der Waals surface area contributed by atoms with Gasteiger partial charge in [-0.05, 0) is 56.5 Å². The molecular weight excluding hydrogens is 514 g/mol. The number of ether oxygens (including phenoxy) is 1. The molecule has 1 saturated heterocycles. The topological polar surface area (TPSA) is 122 Å². The highest BCUT2D eigenvalue weighted by atomic mass is 35.5. The van der Waals surface area contributed by atoms with Crippen molar-refractivity contribution >= 4 is 43.2 Å². The van der Waals surface area contributed by atoms with E-state index in [2.05, 4.69) is 10.0 Å². The van der Waals surface area contributed by atoms with Gasteiger partial charge in [0.25, 0.3) is 0 Å². The van der Waals surface area contributed by atoms with Crippen molar-refractivity contribution in [3.8, 4) is 5.75 Å². The van der Waals surface area contributed by atoms with Gasteiger partial charge in [-0.2, -0.15) is 0 Å². The predicted molar refractivity (Wildman–Crippen MR) is 135 cm³/mol. The summed E-state index contributed by atoms with van der Waals surface area (Å²) in [6.45, 7) is 3.83. The summed E-state index contributed by atoms with van der Waals surface area (Å²) < 4.78 is 59.9. The molecule has 2 N–H and O–H groups in total. The van der Waals surface area contributed by atoms with Crippen LogP contribution < -0.4 is 14.8 Å². The minimum Gasteiger partial charge on any atom is -0.495 e. The largest absolute Gasteiger partial charge is 0.495 e. The normalized spacial score (nSPS) is 15.8. The first kappa shape index (κ1) is 27.4. The van der Waals surface area contributed by atoms with Crippen molar-refractivity contribution in [2.45, 2.75) is 43.4 Å². The molecule has 0 bridgehead atoms. The molecule has 0 aromatic heterocycles. The molecule has 1 amide bonds. The van der Waals surface area contributed by atoms with Gasteiger partial charge >= 0.3 is 0 Å². The van der Waals surface area contributed by atoms with Crippen LogP contribution in [0.25, 0.3) is 0 Å². The highest BCUT2D eigenvalue weighted by Crippen LogP contribution is 2.30. The molecule has 0 atom stereocenters. The van der Waals surface area contributed by atoms with Crippen molar-refractivity contribution < 1.29 is 26.4 Å². The number of nitrogens with zero attached hydrogens (tertiary/aromatic N) is 1. The Bertz CT molecular complexity index is 1270. The third kappa shape index (κ3) is 6.95. The van der Waals surface area contributed by atoms with Gasteiger partial charge in [0.1, 0.15) is 5.75 Å². The summed E-state index contributed by atoms with van der Waals surface area (Å²) in [5.41, 5.74) is 0.765. The lowest BCUT2D eigenvalue weighted by Crippen LogP contribution is -2.42. The summed E-state index contributed by atoms with van der Waals surface area (Å²) in [7, 11) is -5.92. The Balaban J connectivity index is 1.67. The smallest absolute Gasteiger partial charge is 0.240 e. The molecule has 2 aromatic rings. The SMILES string of the molecule is COc1ccc(S(=O)(=O)NC(C)C)cc1NC(=O)C1CCN(S(=O)(=O)Cc2ccccc2Cl)CC1. The number of hydrogen-bond acceptors (Lipinski definition) is 6. The Morgan fingerprint density at radius 3 is 2.37 bits per heavy atom. The number of carbonyl (C=O) groups excluding carboxylic acids is 1. The molecular formula is C23H30ClN3O6S2. The first-order valence-electron chi connectivity index (χ1n) is 11.2. The Labute approximate surface area is 211 Å². The maximum Gasteiger partial charge on any atom is 0.240 e. The van der Waals surface area contributed by atoms with Crippen LogP contribution in [0.4, 0.5) is 5.69 Å². The minimum absolute atomic E-state index is 0.00258. The van der Waals surface area contributed by atoms with E-state index in [1.54, 1.807) is 38.1 Å². The Morgan fingerprint density at radius 2 is 1.77 bits per heavy atom. The summed E-state index contributed by atoms with van der Waals surface area (Å²) in [6.07, 6.45) is 0.672. The summed E-state index contributed by atoms with van der Waals surface area (Å²) in [5.74, 6) is -0.633. The molecule has 1 heterocycles. The van der Waals surface area contributed by atoms with Crippen molar-refractivity contribution in [3.05, 3.63) is 53.1 Å². The third-order valence-electron chi connectivity index (χ3n) is 5.64. The van der Waals surface area contributed by atoms with E-state index in [0.29, 0.717) is 29.2 Å². The van der Waals surface area contributed by atoms with E-state index in [9.17, 15) is 21.6 Å². The van der Waals surface area contributed by atoms with Crippen LogP contribution in [0.5, 0.6) is 5.75 Å². The van der Waals surface area contributed by atoms with E-state index >= 15 is 0 Å². The fraction of sp³-hybridized carbons (Fsp3) is 0.435. The molecule has 0 radical (unpaired) electrons. The van der Waals surface area contributed by atoms with Crippen LogP contribution >= 0.6 is 11.6 Å². The number of nitrogens with one attached hydrogen (secondary N) is 2. The standard InChI is InChI=1S/C23H30ClN3O6S2/c1-16(2)26-35(31,32)19-8-9-22(33-3)21(14-19)25-23(28)17-10-12-27(13-11-17)34(29,30)15-18-6-4-5-7-20(18)24/h4-9,14,16-17,26H,10-13,15H2,1-3H3,(H,25,28). The maximum absolute atomic E-state index is 12.9. The van der Waals surface area contributed by atoms with Crippen LogP contribution in [-0.2, 0) is 30.6 Å². The zero-order chi connectivity index (χ0) is 25.8. The molecule has 35 heavy (non-hydrogen) atoms. The summed E-state index contributed by atoms with van der Waals surface area (Å²) in [5, 5.41) is 3.15. The lowest BCUT2D eigenvalue weighted by atomic mass is 9.97. The minimum atomic E-state index is -3.76. The van der Waals surface area contributed by atoms with E-state index in [4.69, 9.17) is 16.3 Å². The fourth-order valence-corrected chi connectivity index (χ4v) is 7.02. The zero-order valence-corrected chi connectivity index (χ0v) is 22.2. The number of piperidine rings is 1. The highest BCUT2D eigenvalue weighted by molar-refractivity contribution is 7.89. The van der Waals surface area contributed by atoms with Gasteiger partial charge in [0.2, 0.25) is 26.0 Å². The van der Waals surface area contributed by atoms with Crippen molar-refractivity contribution in [2.24, 2.45) is 5.92 Å². The van der Waals surface area contributed by atoms with Gasteiger partial charge in [-0.1, -0.05) is 29.8 Å². The van der Waals surface area contributed by atoms with Gasteiger partial charge in [-0.25, -0.2) is 25.9 Å². The van der Waals surface area contributed by atoms with Crippen molar-refractivity contribution in [1.82, 2.24) is 9.03 Å². The highest BCUT2D eigenvalue weighted by Gasteiger charge is 2.32. The van der Waals surface area contributed by atoms with Crippen molar-refractivity contribution in [3.63, 3.8) is 0 Å². The Hall–Kier alpha value is -2.18. The quantitative estimate of drug-likeness (QED) is 0.501. The molecule has 0 spiro atoms. The van der Waals surface area contributed by atoms with Gasteiger partial charge in [-0.3, -0.25) is 4.79 Å². The first-order valence-corrected chi connectivity index (χ1v) is 14.6. The predicted octanol–water partition coefficient (Wildman–Crippen LogP) is 3.22. The monoisotopic (exact) mass is 543 g/mol. The van der Waals surface area contributed by atoms with Gasteiger partial charge in [0.15, 0.2) is 0 Å². The number of methoxy groups -OCH3 is 1. The molecule has 1 fully saturated rings. The van der Waals surface area contributed by atoms with Gasteiger partial charge < -0.3 is 10.1 Å². The van der Waals surface area contributed by atoms with E-state index in [-0.39, 0.29) is 41.4 Å². The first-order chi connectivity index (χ1) is 16.4. The van der Waals surface area contributed by atoms with Gasteiger partial charge in [0, 0.05) is 30.1 Å². The number of halogens is 1. The molecule has 192 valence electrons. The molecule has 0 unspecified atom stereocenters. The number of amides is 1. The number of benzene rings is 2. The average molecular weight is 544 g/mol. The average Bonchev–Trinajstić information content (AvgIpc) is 2.79. The van der Waals surface area contributed by atoms with Crippen LogP contribution in [0, 0.1) is 5.92 Å².